The van der Waals surface area contributed by atoms with Crippen molar-refractivity contribution in [3.63, 3.8) is 0 Å². The molecule has 112 valence electrons. The number of hydrogen-bond acceptors (Lipinski definition) is 3. The number of carbonyl (C=O) groups is 1. The van der Waals surface area contributed by atoms with E-state index in [2.05, 4.69) is 37.2 Å². The van der Waals surface area contributed by atoms with Gasteiger partial charge >= 0.3 is 0 Å². The first-order valence-corrected chi connectivity index (χ1v) is 8.11. The summed E-state index contributed by atoms with van der Waals surface area (Å²) in [7, 11) is 1.61. The van der Waals surface area contributed by atoms with Crippen LogP contribution in [0.25, 0.3) is 0 Å². The summed E-state index contributed by atoms with van der Waals surface area (Å²) in [5.41, 5.74) is 0.832. The van der Waals surface area contributed by atoms with Crippen molar-refractivity contribution in [2.24, 2.45) is 0 Å². The third-order valence-electron chi connectivity index (χ3n) is 3.06. The molecular formula is C14H20Br2N2O2. The lowest BCUT2D eigenvalue weighted by Gasteiger charge is -2.24. The van der Waals surface area contributed by atoms with Crippen molar-refractivity contribution >= 4 is 43.5 Å². The number of nitrogens with one attached hydrogen (secondary N) is 1. The highest BCUT2D eigenvalue weighted by Gasteiger charge is 2.19. The number of ether oxygens (including phenoxy) is 1. The Morgan fingerprint density at radius 3 is 2.40 bits per heavy atom. The van der Waals surface area contributed by atoms with Crippen LogP contribution < -0.4 is 10.1 Å². The molecule has 6 heteroatoms. The normalized spacial score (nSPS) is 11.9. The summed E-state index contributed by atoms with van der Waals surface area (Å²) < 4.78 is 7.01. The maximum atomic E-state index is 12.2. The van der Waals surface area contributed by atoms with E-state index in [0.717, 1.165) is 20.4 Å². The highest BCUT2D eigenvalue weighted by molar-refractivity contribution is 9.11. The molecule has 0 heterocycles. The van der Waals surface area contributed by atoms with Gasteiger partial charge in [0.2, 0.25) is 5.91 Å². The minimum atomic E-state index is -0.294. The minimum absolute atomic E-state index is 0.0868. The minimum Gasteiger partial charge on any atom is -0.495 e. The van der Waals surface area contributed by atoms with E-state index in [-0.39, 0.29) is 11.9 Å². The Labute approximate surface area is 137 Å². The van der Waals surface area contributed by atoms with Gasteiger partial charge in [-0.3, -0.25) is 4.79 Å². The van der Waals surface area contributed by atoms with Crippen molar-refractivity contribution < 1.29 is 9.53 Å². The summed E-state index contributed by atoms with van der Waals surface area (Å²) >= 11 is 6.91. The van der Waals surface area contributed by atoms with Crippen LogP contribution in [0, 0.1) is 0 Å². The second kappa shape index (κ2) is 7.88. The molecular weight excluding hydrogens is 388 g/mol. The summed E-state index contributed by atoms with van der Waals surface area (Å²) in [4.78, 5) is 14.1. The zero-order valence-electron chi connectivity index (χ0n) is 12.2. The van der Waals surface area contributed by atoms with Gasteiger partial charge in [-0.05, 0) is 58.7 Å². The fourth-order valence-electron chi connectivity index (χ4n) is 1.90. The van der Waals surface area contributed by atoms with E-state index in [0.29, 0.717) is 13.1 Å². The molecule has 0 aromatic heterocycles. The third kappa shape index (κ3) is 4.12. The summed E-state index contributed by atoms with van der Waals surface area (Å²) in [6.07, 6.45) is 0. The van der Waals surface area contributed by atoms with Crippen molar-refractivity contribution in [2.75, 3.05) is 25.5 Å². The molecule has 1 N–H and O–H groups in total. The SMILES string of the molecule is CCN(CC)C(=O)C(C)Nc1cc(OC)c(Br)cc1Br. The van der Waals surface area contributed by atoms with E-state index in [4.69, 9.17) is 4.74 Å². The monoisotopic (exact) mass is 406 g/mol. The van der Waals surface area contributed by atoms with Crippen LogP contribution in [0.3, 0.4) is 0 Å². The molecule has 1 aromatic carbocycles. The van der Waals surface area contributed by atoms with Gasteiger partial charge < -0.3 is 15.0 Å². The number of methoxy groups -OCH3 is 1. The van der Waals surface area contributed by atoms with Gasteiger partial charge in [0.15, 0.2) is 0 Å². The van der Waals surface area contributed by atoms with Crippen LogP contribution >= 0.6 is 31.9 Å². The second-order valence-corrected chi connectivity index (χ2v) is 6.05. The molecule has 0 spiro atoms. The van der Waals surface area contributed by atoms with E-state index in [1.165, 1.54) is 0 Å². The van der Waals surface area contributed by atoms with Gasteiger partial charge in [-0.25, -0.2) is 0 Å². The maximum absolute atomic E-state index is 12.2. The number of benzene rings is 1. The standard InChI is InChI=1S/C14H20Br2N2O2/c1-5-18(6-2)14(19)9(3)17-12-8-13(20-4)11(16)7-10(12)15/h7-9,17H,5-6H2,1-4H3. The molecule has 0 saturated carbocycles. The first kappa shape index (κ1) is 17.3. The summed E-state index contributed by atoms with van der Waals surface area (Å²) in [6.45, 7) is 7.25. The van der Waals surface area contributed by atoms with E-state index >= 15 is 0 Å². The maximum Gasteiger partial charge on any atom is 0.244 e. The van der Waals surface area contributed by atoms with E-state index in [1.807, 2.05) is 37.8 Å². The Bertz CT molecular complexity index is 476. The fourth-order valence-corrected chi connectivity index (χ4v) is 3.17. The molecule has 0 bridgehead atoms. The van der Waals surface area contributed by atoms with Crippen LogP contribution in [0.2, 0.25) is 0 Å². The molecule has 1 unspecified atom stereocenters. The van der Waals surface area contributed by atoms with Gasteiger partial charge in [-0.15, -0.1) is 0 Å². The van der Waals surface area contributed by atoms with Gasteiger partial charge in [0, 0.05) is 23.6 Å². The zero-order valence-corrected chi connectivity index (χ0v) is 15.3. The molecule has 0 saturated heterocycles. The van der Waals surface area contributed by atoms with Gasteiger partial charge in [-0.1, -0.05) is 0 Å². The molecule has 20 heavy (non-hydrogen) atoms. The van der Waals surface area contributed by atoms with E-state index in [1.54, 1.807) is 7.11 Å². The highest BCUT2D eigenvalue weighted by Crippen LogP contribution is 2.34. The van der Waals surface area contributed by atoms with Crippen LogP contribution in [0.15, 0.2) is 21.1 Å². The lowest BCUT2D eigenvalue weighted by molar-refractivity contribution is -0.131. The third-order valence-corrected chi connectivity index (χ3v) is 4.33. The number of likely N-dealkylation sites (N-methyl/N-ethyl adjacent to an activating group) is 1. The number of carbonyl (C=O) groups excluding carboxylic acids is 1. The predicted molar refractivity (Wildman–Crippen MR) is 89.4 cm³/mol. The quantitative estimate of drug-likeness (QED) is 0.777. The van der Waals surface area contributed by atoms with Gasteiger partial charge in [0.25, 0.3) is 0 Å². The number of amides is 1. The van der Waals surface area contributed by atoms with Gasteiger partial charge in [-0.2, -0.15) is 0 Å². The average molecular weight is 408 g/mol. The smallest absolute Gasteiger partial charge is 0.244 e. The number of halogens is 2. The molecule has 0 fully saturated rings. The van der Waals surface area contributed by atoms with Crippen LogP contribution in [0.1, 0.15) is 20.8 Å². The Balaban J connectivity index is 2.90. The zero-order chi connectivity index (χ0) is 15.3. The molecule has 0 aliphatic carbocycles. The molecule has 0 radical (unpaired) electrons. The van der Waals surface area contributed by atoms with Crippen LogP contribution in [0.4, 0.5) is 5.69 Å². The molecule has 1 amide bonds. The lowest BCUT2D eigenvalue weighted by atomic mass is 10.2. The molecule has 1 aromatic rings. The first-order valence-electron chi connectivity index (χ1n) is 6.52. The summed E-state index contributed by atoms with van der Waals surface area (Å²) in [5.74, 6) is 0.807. The number of hydrogen-bond donors (Lipinski definition) is 1. The Morgan fingerprint density at radius 2 is 1.90 bits per heavy atom. The summed E-state index contributed by atoms with van der Waals surface area (Å²) in [6, 6.07) is 3.47. The van der Waals surface area contributed by atoms with E-state index in [9.17, 15) is 4.79 Å². The molecule has 0 aliphatic rings. The topological polar surface area (TPSA) is 41.6 Å². The van der Waals surface area contributed by atoms with E-state index < -0.39 is 0 Å². The van der Waals surface area contributed by atoms with Gasteiger partial charge in [0.1, 0.15) is 11.8 Å². The number of anilines is 1. The first-order chi connectivity index (χ1) is 9.44. The van der Waals surface area contributed by atoms with Crippen LogP contribution in [0.5, 0.6) is 5.75 Å². The van der Waals surface area contributed by atoms with Crippen molar-refractivity contribution in [1.82, 2.24) is 4.90 Å². The lowest BCUT2D eigenvalue weighted by Crippen LogP contribution is -2.41. The molecule has 0 aliphatic heterocycles. The van der Waals surface area contributed by atoms with Crippen molar-refractivity contribution in [1.29, 1.82) is 0 Å². The molecule has 1 atom stereocenters. The largest absolute Gasteiger partial charge is 0.495 e. The van der Waals surface area contributed by atoms with Crippen LogP contribution in [-0.4, -0.2) is 37.0 Å². The van der Waals surface area contributed by atoms with Gasteiger partial charge in [0.05, 0.1) is 17.3 Å². The Hall–Kier alpha value is -0.750. The second-order valence-electron chi connectivity index (χ2n) is 4.34. The van der Waals surface area contributed by atoms with Crippen molar-refractivity contribution in [3.8, 4) is 5.75 Å². The Kier molecular flexibility index (Phi) is 6.82. The van der Waals surface area contributed by atoms with Crippen molar-refractivity contribution in [2.45, 2.75) is 26.8 Å². The van der Waals surface area contributed by atoms with Crippen molar-refractivity contribution in [3.05, 3.63) is 21.1 Å². The Morgan fingerprint density at radius 1 is 1.30 bits per heavy atom. The predicted octanol–water partition coefficient (Wildman–Crippen LogP) is 3.89. The summed E-state index contributed by atoms with van der Waals surface area (Å²) in [5, 5.41) is 3.22. The fraction of sp³-hybridized carbons (Fsp3) is 0.500. The molecule has 4 nitrogen and oxygen atoms in total. The van der Waals surface area contributed by atoms with Crippen LogP contribution in [-0.2, 0) is 4.79 Å². The number of rotatable bonds is 6. The average Bonchev–Trinajstić information content (AvgIpc) is 2.42. The molecule has 1 rings (SSSR count). The highest BCUT2D eigenvalue weighted by atomic mass is 79.9. The number of nitrogens with zero attached hydrogens (tertiary/aromatic N) is 1.